The van der Waals surface area contributed by atoms with Gasteiger partial charge in [0, 0.05) is 25.0 Å². The highest BCUT2D eigenvalue weighted by Gasteiger charge is 2.38. The normalized spacial score (nSPS) is 14.9. The highest BCUT2D eigenvalue weighted by Crippen LogP contribution is 2.36. The standard InChI is InChI=1S/C27H24F6N6O3/c1-15(36-25(41)17-10-18(26(28,29)30)12-19(11-17)27(31,32)33)22-23(35-9-8-34-22)24-37-39(21(40)14-38(24)2)13-16-4-6-20(42-3)7-5-16/h4-12,15H,13-14H2,1-3H3,(H,36,41). The molecule has 0 saturated heterocycles. The number of carbonyl (C=O) groups is 2. The molecule has 0 spiro atoms. The highest BCUT2D eigenvalue weighted by molar-refractivity contribution is 6.02. The number of benzene rings is 2. The van der Waals surface area contributed by atoms with Crippen molar-refractivity contribution in [2.75, 3.05) is 20.7 Å². The summed E-state index contributed by atoms with van der Waals surface area (Å²) in [7, 11) is 3.11. The van der Waals surface area contributed by atoms with Crippen molar-refractivity contribution in [2.45, 2.75) is 31.9 Å². The molecule has 4 rings (SSSR count). The van der Waals surface area contributed by atoms with E-state index in [1.807, 2.05) is 0 Å². The molecule has 1 aliphatic rings. The van der Waals surface area contributed by atoms with Crippen LogP contribution in [0.5, 0.6) is 5.75 Å². The quantitative estimate of drug-likeness (QED) is 0.400. The first-order valence-corrected chi connectivity index (χ1v) is 12.3. The number of hydrogen-bond acceptors (Lipinski definition) is 7. The third-order valence-electron chi connectivity index (χ3n) is 6.27. The van der Waals surface area contributed by atoms with Crippen molar-refractivity contribution in [3.63, 3.8) is 0 Å². The summed E-state index contributed by atoms with van der Waals surface area (Å²) in [6.07, 6.45) is -7.58. The Morgan fingerprint density at radius 2 is 1.60 bits per heavy atom. The van der Waals surface area contributed by atoms with E-state index >= 15 is 0 Å². The molecule has 9 nitrogen and oxygen atoms in total. The number of hydrazone groups is 1. The third-order valence-corrected chi connectivity index (χ3v) is 6.27. The van der Waals surface area contributed by atoms with Crippen LogP contribution in [0.2, 0.25) is 0 Å². The Hall–Kier alpha value is -4.69. The van der Waals surface area contributed by atoms with Crippen molar-refractivity contribution in [3.8, 4) is 5.75 Å². The molecule has 1 atom stereocenters. The minimum Gasteiger partial charge on any atom is -0.497 e. The Bertz CT molecular complexity index is 1480. The zero-order valence-corrected chi connectivity index (χ0v) is 22.4. The number of methoxy groups -OCH3 is 1. The number of alkyl halides is 6. The summed E-state index contributed by atoms with van der Waals surface area (Å²) in [5.74, 6) is -0.654. The molecular formula is C27H24F6N6O3. The number of likely N-dealkylation sites (N-methyl/N-ethyl adjacent to an activating group) is 1. The van der Waals surface area contributed by atoms with Gasteiger partial charge in [-0.05, 0) is 42.8 Å². The topological polar surface area (TPSA) is 100 Å². The fourth-order valence-corrected chi connectivity index (χ4v) is 4.13. The first-order chi connectivity index (χ1) is 19.7. The van der Waals surface area contributed by atoms with E-state index in [9.17, 15) is 35.9 Å². The number of hydrogen-bond donors (Lipinski definition) is 1. The number of aromatic nitrogens is 2. The molecule has 0 saturated carbocycles. The smallest absolute Gasteiger partial charge is 0.416 e. The lowest BCUT2D eigenvalue weighted by atomic mass is 10.0. The van der Waals surface area contributed by atoms with E-state index in [2.05, 4.69) is 20.4 Å². The van der Waals surface area contributed by atoms with Crippen LogP contribution < -0.4 is 10.1 Å². The average Bonchev–Trinajstić information content (AvgIpc) is 2.93. The van der Waals surface area contributed by atoms with Crippen LogP contribution in [-0.2, 0) is 23.7 Å². The average molecular weight is 595 g/mol. The first-order valence-electron chi connectivity index (χ1n) is 12.3. The Morgan fingerprint density at radius 3 is 2.17 bits per heavy atom. The molecule has 2 amide bonds. The van der Waals surface area contributed by atoms with Gasteiger partial charge in [0.1, 0.15) is 18.0 Å². The van der Waals surface area contributed by atoms with Crippen LogP contribution in [0.15, 0.2) is 60.0 Å². The van der Waals surface area contributed by atoms with Gasteiger partial charge in [-0.1, -0.05) is 12.1 Å². The number of amides is 2. The molecule has 42 heavy (non-hydrogen) atoms. The molecule has 0 fully saturated rings. The third kappa shape index (κ3) is 6.78. The summed E-state index contributed by atoms with van der Waals surface area (Å²) < 4.78 is 84.8. The summed E-state index contributed by atoms with van der Waals surface area (Å²) in [6, 6.07) is 6.59. The van der Waals surface area contributed by atoms with Crippen LogP contribution in [0, 0.1) is 0 Å². The van der Waals surface area contributed by atoms with Gasteiger partial charge in [0.15, 0.2) is 5.84 Å². The highest BCUT2D eigenvalue weighted by atomic mass is 19.4. The van der Waals surface area contributed by atoms with Gasteiger partial charge in [0.2, 0.25) is 0 Å². The zero-order valence-electron chi connectivity index (χ0n) is 22.4. The van der Waals surface area contributed by atoms with Gasteiger partial charge in [-0.2, -0.15) is 26.3 Å². The zero-order chi connectivity index (χ0) is 30.8. The van der Waals surface area contributed by atoms with Crippen LogP contribution in [0.3, 0.4) is 0 Å². The SMILES string of the molecule is COc1ccc(CN2N=C(c3nccnc3C(C)NC(=O)c3cc(C(F)(F)F)cc(C(F)(F)F)c3)N(C)CC2=O)cc1. The molecule has 222 valence electrons. The maximum absolute atomic E-state index is 13.3. The van der Waals surface area contributed by atoms with Crippen LogP contribution in [-0.4, -0.2) is 58.2 Å². The van der Waals surface area contributed by atoms with Crippen molar-refractivity contribution in [1.82, 2.24) is 25.2 Å². The fraction of sp³-hybridized carbons (Fsp3) is 0.296. The summed E-state index contributed by atoms with van der Waals surface area (Å²) in [5.41, 5.74) is -3.03. The second-order valence-electron chi connectivity index (χ2n) is 9.36. The Balaban J connectivity index is 1.63. The number of halogens is 6. The first kappa shape index (κ1) is 30.3. The van der Waals surface area contributed by atoms with Gasteiger partial charge >= 0.3 is 12.4 Å². The molecule has 1 N–H and O–H groups in total. The van der Waals surface area contributed by atoms with Crippen LogP contribution in [0.4, 0.5) is 26.3 Å². The summed E-state index contributed by atoms with van der Waals surface area (Å²) >= 11 is 0. The monoisotopic (exact) mass is 594 g/mol. The second kappa shape index (κ2) is 11.7. The fourth-order valence-electron chi connectivity index (χ4n) is 4.13. The van der Waals surface area contributed by atoms with Gasteiger partial charge in [-0.25, -0.2) is 9.99 Å². The predicted octanol–water partition coefficient (Wildman–Crippen LogP) is 4.65. The molecule has 3 aromatic rings. The number of rotatable bonds is 7. The van der Waals surface area contributed by atoms with E-state index in [0.717, 1.165) is 5.56 Å². The minimum atomic E-state index is -5.11. The molecule has 0 bridgehead atoms. The molecular weight excluding hydrogens is 570 g/mol. The van der Waals surface area contributed by atoms with E-state index in [-0.39, 0.29) is 42.3 Å². The molecule has 2 aromatic carbocycles. The molecule has 0 aliphatic carbocycles. The van der Waals surface area contributed by atoms with Crippen molar-refractivity contribution in [1.29, 1.82) is 0 Å². The Kier molecular flexibility index (Phi) is 8.40. The lowest BCUT2D eigenvalue weighted by molar-refractivity contribution is -0.143. The molecule has 1 aliphatic heterocycles. The molecule has 1 unspecified atom stereocenters. The maximum Gasteiger partial charge on any atom is 0.416 e. The van der Waals surface area contributed by atoms with E-state index in [0.29, 0.717) is 17.9 Å². The van der Waals surface area contributed by atoms with Gasteiger partial charge in [-0.3, -0.25) is 14.6 Å². The lowest BCUT2D eigenvalue weighted by Crippen LogP contribution is -2.46. The Labute approximate surface area is 235 Å². The predicted molar refractivity (Wildman–Crippen MR) is 137 cm³/mol. The number of carbonyl (C=O) groups excluding carboxylic acids is 2. The van der Waals surface area contributed by atoms with Crippen LogP contribution in [0.25, 0.3) is 0 Å². The van der Waals surface area contributed by atoms with Gasteiger partial charge in [0.05, 0.1) is 36.5 Å². The van der Waals surface area contributed by atoms with E-state index < -0.39 is 41.0 Å². The molecule has 15 heteroatoms. The molecule has 2 heterocycles. The van der Waals surface area contributed by atoms with E-state index in [1.54, 1.807) is 31.3 Å². The van der Waals surface area contributed by atoms with Crippen LogP contribution in [0.1, 0.15) is 51.4 Å². The van der Waals surface area contributed by atoms with Crippen molar-refractivity contribution in [3.05, 3.63) is 88.5 Å². The van der Waals surface area contributed by atoms with E-state index in [4.69, 9.17) is 4.74 Å². The molecule has 1 aromatic heterocycles. The van der Waals surface area contributed by atoms with Crippen molar-refractivity contribution < 1.29 is 40.7 Å². The summed E-state index contributed by atoms with van der Waals surface area (Å²) in [4.78, 5) is 35.7. The lowest BCUT2D eigenvalue weighted by Gasteiger charge is -2.31. The van der Waals surface area contributed by atoms with Gasteiger partial charge in [0.25, 0.3) is 11.8 Å². The van der Waals surface area contributed by atoms with Gasteiger partial charge < -0.3 is 15.0 Å². The van der Waals surface area contributed by atoms with Crippen LogP contribution >= 0.6 is 0 Å². The number of amidine groups is 1. The van der Waals surface area contributed by atoms with Crippen molar-refractivity contribution in [2.24, 2.45) is 5.10 Å². The number of ether oxygens (including phenoxy) is 1. The van der Waals surface area contributed by atoms with Crippen molar-refractivity contribution >= 4 is 17.6 Å². The van der Waals surface area contributed by atoms with E-state index in [1.165, 1.54) is 36.3 Å². The van der Waals surface area contributed by atoms with Gasteiger partial charge in [-0.15, -0.1) is 5.10 Å². The maximum atomic E-state index is 13.3. The Morgan fingerprint density at radius 1 is 1.00 bits per heavy atom. The number of nitrogens with one attached hydrogen (secondary N) is 1. The summed E-state index contributed by atoms with van der Waals surface area (Å²) in [5, 5.41) is 8.07. The second-order valence-corrected chi connectivity index (χ2v) is 9.36. The molecule has 0 radical (unpaired) electrons. The minimum absolute atomic E-state index is 0.0585. The number of nitrogens with zero attached hydrogens (tertiary/aromatic N) is 5. The summed E-state index contributed by atoms with van der Waals surface area (Å²) in [6.45, 7) is 1.49. The largest absolute Gasteiger partial charge is 0.497 e.